The second-order valence-electron chi connectivity index (χ2n) is 8.44. The number of ether oxygens (including phenoxy) is 1. The lowest BCUT2D eigenvalue weighted by Gasteiger charge is -2.27. The van der Waals surface area contributed by atoms with Crippen molar-refractivity contribution in [1.29, 1.82) is 0 Å². The van der Waals surface area contributed by atoms with E-state index in [2.05, 4.69) is 11.4 Å². The third kappa shape index (κ3) is 4.86. The number of nitrogens with one attached hydrogen (secondary N) is 1. The molecule has 0 radical (unpaired) electrons. The van der Waals surface area contributed by atoms with E-state index in [4.69, 9.17) is 4.74 Å². The van der Waals surface area contributed by atoms with Crippen LogP contribution in [0.2, 0.25) is 0 Å². The zero-order valence-electron chi connectivity index (χ0n) is 19.3. The fraction of sp³-hybridized carbons (Fsp3) is 0.222. The van der Waals surface area contributed by atoms with Crippen molar-refractivity contribution in [3.8, 4) is 11.3 Å². The summed E-state index contributed by atoms with van der Waals surface area (Å²) in [5, 5.41) is 3.99. The molecule has 8 heteroatoms. The molecule has 1 aromatic heterocycles. The summed E-state index contributed by atoms with van der Waals surface area (Å²) in [7, 11) is -3.67. The van der Waals surface area contributed by atoms with Crippen molar-refractivity contribution in [1.82, 2.24) is 14.2 Å². The second kappa shape index (κ2) is 10.0. The third-order valence-corrected chi connectivity index (χ3v) is 8.22. The Kier molecular flexibility index (Phi) is 6.68. The van der Waals surface area contributed by atoms with E-state index in [0.29, 0.717) is 31.9 Å². The number of fused-ring (bicyclic) bond motifs is 1. The maximum atomic E-state index is 13.2. The van der Waals surface area contributed by atoms with Crippen LogP contribution in [0.1, 0.15) is 5.56 Å². The van der Waals surface area contributed by atoms with Gasteiger partial charge in [-0.2, -0.15) is 4.31 Å². The molecule has 1 aliphatic rings. The maximum Gasteiger partial charge on any atom is 0.243 e. The standard InChI is InChI=1S/C27H27N3O4S/c31-27(20-30-24-12-6-4-10-22(24)18-25(30)21-8-2-1-3-9-21)28-19-23-11-5-7-13-26(23)35(32,33)29-14-16-34-17-15-29/h1-13,18H,14-17,19-20H2,(H,28,31). The number of aromatic nitrogens is 1. The van der Waals surface area contributed by atoms with Gasteiger partial charge in [-0.05, 0) is 29.3 Å². The first-order chi connectivity index (χ1) is 17.0. The lowest BCUT2D eigenvalue weighted by molar-refractivity contribution is -0.121. The quantitative estimate of drug-likeness (QED) is 0.430. The Morgan fingerprint density at radius 3 is 2.37 bits per heavy atom. The minimum absolute atomic E-state index is 0.121. The first-order valence-corrected chi connectivity index (χ1v) is 13.0. The minimum atomic E-state index is -3.67. The molecule has 0 unspecified atom stereocenters. The van der Waals surface area contributed by atoms with Gasteiger partial charge in [0.2, 0.25) is 15.9 Å². The van der Waals surface area contributed by atoms with Crippen LogP contribution in [0.5, 0.6) is 0 Å². The number of para-hydroxylation sites is 1. The topological polar surface area (TPSA) is 80.6 Å². The summed E-state index contributed by atoms with van der Waals surface area (Å²) < 4.78 is 35.2. The molecule has 1 amide bonds. The Labute approximate surface area is 205 Å². The molecular formula is C27H27N3O4S. The van der Waals surface area contributed by atoms with Gasteiger partial charge in [-0.3, -0.25) is 4.79 Å². The van der Waals surface area contributed by atoms with Crippen LogP contribution in [0.4, 0.5) is 0 Å². The van der Waals surface area contributed by atoms with Crippen LogP contribution in [0, 0.1) is 0 Å². The molecule has 35 heavy (non-hydrogen) atoms. The number of amides is 1. The summed E-state index contributed by atoms with van der Waals surface area (Å²) >= 11 is 0. The van der Waals surface area contributed by atoms with E-state index in [9.17, 15) is 13.2 Å². The summed E-state index contributed by atoms with van der Waals surface area (Å²) in [6, 6.07) is 26.8. The Hall–Kier alpha value is -3.46. The van der Waals surface area contributed by atoms with Crippen LogP contribution in [-0.2, 0) is 32.6 Å². The van der Waals surface area contributed by atoms with Gasteiger partial charge < -0.3 is 14.6 Å². The number of morpholine rings is 1. The largest absolute Gasteiger partial charge is 0.379 e. The van der Waals surface area contributed by atoms with E-state index in [1.807, 2.05) is 59.2 Å². The molecule has 1 aliphatic heterocycles. The number of nitrogens with zero attached hydrogens (tertiary/aromatic N) is 2. The first kappa shape index (κ1) is 23.3. The molecule has 4 aromatic rings. The number of benzene rings is 3. The highest BCUT2D eigenvalue weighted by atomic mass is 32.2. The highest BCUT2D eigenvalue weighted by molar-refractivity contribution is 7.89. The lowest BCUT2D eigenvalue weighted by atomic mass is 10.1. The van der Waals surface area contributed by atoms with E-state index in [1.54, 1.807) is 24.3 Å². The van der Waals surface area contributed by atoms with Crippen molar-refractivity contribution >= 4 is 26.8 Å². The van der Waals surface area contributed by atoms with Gasteiger partial charge >= 0.3 is 0 Å². The average Bonchev–Trinajstić information content (AvgIpc) is 3.27. The number of carbonyl (C=O) groups excluding carboxylic acids is 1. The van der Waals surface area contributed by atoms with E-state index in [1.165, 1.54) is 4.31 Å². The fourth-order valence-electron chi connectivity index (χ4n) is 4.45. The Morgan fingerprint density at radius 2 is 1.57 bits per heavy atom. The minimum Gasteiger partial charge on any atom is -0.379 e. The number of sulfonamides is 1. The van der Waals surface area contributed by atoms with Gasteiger partial charge in [-0.1, -0.05) is 66.7 Å². The fourth-order valence-corrected chi connectivity index (χ4v) is 6.08. The van der Waals surface area contributed by atoms with E-state index in [-0.39, 0.29) is 23.9 Å². The summed E-state index contributed by atoms with van der Waals surface area (Å²) in [5.74, 6) is -0.192. The molecule has 0 spiro atoms. The van der Waals surface area contributed by atoms with Gasteiger partial charge in [0, 0.05) is 36.2 Å². The van der Waals surface area contributed by atoms with Crippen LogP contribution in [0.15, 0.2) is 89.8 Å². The van der Waals surface area contributed by atoms with Gasteiger partial charge in [-0.25, -0.2) is 8.42 Å². The normalized spacial score (nSPS) is 14.7. The monoisotopic (exact) mass is 489 g/mol. The van der Waals surface area contributed by atoms with Crippen molar-refractivity contribution in [2.24, 2.45) is 0 Å². The number of hydrogen-bond donors (Lipinski definition) is 1. The van der Waals surface area contributed by atoms with Crippen molar-refractivity contribution in [3.63, 3.8) is 0 Å². The van der Waals surface area contributed by atoms with E-state index in [0.717, 1.165) is 22.2 Å². The second-order valence-corrected chi connectivity index (χ2v) is 10.3. The van der Waals surface area contributed by atoms with Crippen LogP contribution < -0.4 is 5.32 Å². The highest BCUT2D eigenvalue weighted by Crippen LogP contribution is 2.28. The van der Waals surface area contributed by atoms with E-state index >= 15 is 0 Å². The predicted octanol–water partition coefficient (Wildman–Crippen LogP) is 3.65. The zero-order valence-corrected chi connectivity index (χ0v) is 20.1. The molecule has 2 heterocycles. The van der Waals surface area contributed by atoms with E-state index < -0.39 is 10.0 Å². The predicted molar refractivity (Wildman–Crippen MR) is 135 cm³/mol. The molecule has 1 fully saturated rings. The summed E-state index contributed by atoms with van der Waals surface area (Å²) in [6.45, 7) is 1.66. The van der Waals surface area contributed by atoms with Gasteiger partial charge in [0.05, 0.1) is 18.1 Å². The molecule has 3 aromatic carbocycles. The molecule has 0 saturated carbocycles. The Balaban J connectivity index is 1.37. The van der Waals surface area contributed by atoms with Gasteiger partial charge in [0.25, 0.3) is 0 Å². The van der Waals surface area contributed by atoms with Crippen LogP contribution >= 0.6 is 0 Å². The van der Waals surface area contributed by atoms with Crippen molar-refractivity contribution in [2.75, 3.05) is 26.3 Å². The number of rotatable bonds is 7. The molecule has 0 atom stereocenters. The molecule has 7 nitrogen and oxygen atoms in total. The summed E-state index contributed by atoms with van der Waals surface area (Å²) in [6.07, 6.45) is 0. The van der Waals surface area contributed by atoms with Gasteiger partial charge in [-0.15, -0.1) is 0 Å². The number of carbonyl (C=O) groups is 1. The molecule has 1 saturated heterocycles. The Bertz CT molecular complexity index is 1440. The Morgan fingerprint density at radius 1 is 0.886 bits per heavy atom. The SMILES string of the molecule is O=C(Cn1c(-c2ccccc2)cc2ccccc21)NCc1ccccc1S(=O)(=O)N1CCOCC1. The highest BCUT2D eigenvalue weighted by Gasteiger charge is 2.28. The smallest absolute Gasteiger partial charge is 0.243 e. The number of hydrogen-bond acceptors (Lipinski definition) is 4. The summed E-state index contributed by atoms with van der Waals surface area (Å²) in [4.78, 5) is 13.3. The molecule has 1 N–H and O–H groups in total. The van der Waals surface area contributed by atoms with Gasteiger partial charge in [0.15, 0.2) is 0 Å². The van der Waals surface area contributed by atoms with Crippen molar-refractivity contribution < 1.29 is 17.9 Å². The molecule has 0 aliphatic carbocycles. The molecule has 5 rings (SSSR count). The van der Waals surface area contributed by atoms with Crippen molar-refractivity contribution in [2.45, 2.75) is 18.0 Å². The van der Waals surface area contributed by atoms with Gasteiger partial charge in [0.1, 0.15) is 6.54 Å². The summed E-state index contributed by atoms with van der Waals surface area (Å²) in [5.41, 5.74) is 3.51. The van der Waals surface area contributed by atoms with Crippen LogP contribution in [0.25, 0.3) is 22.2 Å². The molecular weight excluding hydrogens is 462 g/mol. The van der Waals surface area contributed by atoms with Crippen molar-refractivity contribution in [3.05, 3.63) is 90.5 Å². The average molecular weight is 490 g/mol. The zero-order chi connectivity index (χ0) is 24.3. The first-order valence-electron chi connectivity index (χ1n) is 11.6. The maximum absolute atomic E-state index is 13.2. The third-order valence-electron chi connectivity index (χ3n) is 6.22. The molecule has 0 bridgehead atoms. The lowest BCUT2D eigenvalue weighted by Crippen LogP contribution is -2.41. The van der Waals surface area contributed by atoms with Crippen LogP contribution in [0.3, 0.4) is 0 Å². The van der Waals surface area contributed by atoms with Crippen LogP contribution in [-0.4, -0.2) is 49.5 Å². The molecule has 180 valence electrons.